The first-order valence-electron chi connectivity index (χ1n) is 12.5. The molecule has 3 nitrogen and oxygen atoms in total. The van der Waals surface area contributed by atoms with Crippen molar-refractivity contribution < 1.29 is 14.2 Å². The van der Waals surface area contributed by atoms with Crippen LogP contribution in [0.4, 0.5) is 4.39 Å². The number of alkyl halides is 1. The number of hydrogen-bond acceptors (Lipinski definition) is 3. The fourth-order valence-electron chi connectivity index (χ4n) is 5.87. The Hall–Kier alpha value is -2.85. The van der Waals surface area contributed by atoms with Gasteiger partial charge in [-0.3, -0.25) is 9.29 Å². The third kappa shape index (κ3) is 4.97. The molecule has 3 aromatic rings. The number of phenols is 1. The van der Waals surface area contributed by atoms with Gasteiger partial charge in [-0.25, -0.2) is 0 Å². The van der Waals surface area contributed by atoms with E-state index < -0.39 is 0 Å². The van der Waals surface area contributed by atoms with Crippen LogP contribution < -0.4 is 4.74 Å². The summed E-state index contributed by atoms with van der Waals surface area (Å²) in [6.45, 7) is 4.49. The minimum Gasteiger partial charge on any atom is -0.508 e. The number of phenolic OH excluding ortho intramolecular Hbond substituents is 1. The first-order chi connectivity index (χ1) is 16.6. The largest absolute Gasteiger partial charge is 0.508 e. The minimum atomic E-state index is -0.221. The summed E-state index contributed by atoms with van der Waals surface area (Å²) in [5.41, 5.74) is 5.17. The monoisotopic (exact) mass is 459 g/mol. The molecule has 1 heterocycles. The fraction of sp³-hybridized carbons (Fsp3) is 0.400. The number of likely N-dealkylation sites (tertiary alicyclic amines) is 1. The maximum atomic E-state index is 12.9. The molecule has 1 aliphatic carbocycles. The number of rotatable bonds is 7. The normalized spacial score (nSPS) is 23.4. The smallest absolute Gasteiger partial charge is 0.119 e. The van der Waals surface area contributed by atoms with Crippen LogP contribution in [0.5, 0.6) is 11.5 Å². The number of hydrogen-bond donors (Lipinski definition) is 1. The van der Waals surface area contributed by atoms with Crippen molar-refractivity contribution in [2.45, 2.75) is 44.1 Å². The molecular formula is C30H34FNO2. The molecule has 0 spiro atoms. The molecule has 1 saturated heterocycles. The maximum absolute atomic E-state index is 12.9. The van der Waals surface area contributed by atoms with Crippen LogP contribution in [0.25, 0.3) is 0 Å². The van der Waals surface area contributed by atoms with E-state index in [1.165, 1.54) is 22.3 Å². The summed E-state index contributed by atoms with van der Waals surface area (Å²) in [6.07, 6.45) is 3.02. The molecule has 1 N–H and O–H groups in total. The Morgan fingerprint density at radius 2 is 1.79 bits per heavy atom. The predicted octanol–water partition coefficient (Wildman–Crippen LogP) is 6.31. The van der Waals surface area contributed by atoms with Crippen LogP contribution in [-0.4, -0.2) is 42.4 Å². The third-order valence-corrected chi connectivity index (χ3v) is 7.50. The highest BCUT2D eigenvalue weighted by atomic mass is 19.1. The van der Waals surface area contributed by atoms with Crippen LogP contribution >= 0.6 is 0 Å². The Balaban J connectivity index is 1.35. The number of nitrogens with zero attached hydrogens (tertiary/aromatic N) is 1. The number of halogens is 1. The predicted molar refractivity (Wildman–Crippen MR) is 135 cm³/mol. The molecule has 0 aromatic heterocycles. The summed E-state index contributed by atoms with van der Waals surface area (Å²) in [7, 11) is 0. The maximum Gasteiger partial charge on any atom is 0.119 e. The second kappa shape index (κ2) is 10.2. The Labute approximate surface area is 202 Å². The third-order valence-electron chi connectivity index (χ3n) is 7.50. The SMILES string of the molecule is CC(CN1CC[C@@H](CF)C1)Oc1ccc([C@@H]2c3ccc(O)cc3CC[C@@H]2c2ccccc2)cc1. The quantitative estimate of drug-likeness (QED) is 0.449. The van der Waals surface area contributed by atoms with Crippen molar-refractivity contribution in [3.8, 4) is 11.5 Å². The fourth-order valence-corrected chi connectivity index (χ4v) is 5.87. The molecule has 34 heavy (non-hydrogen) atoms. The molecule has 1 unspecified atom stereocenters. The van der Waals surface area contributed by atoms with E-state index in [9.17, 15) is 9.50 Å². The van der Waals surface area contributed by atoms with Gasteiger partial charge in [0.2, 0.25) is 0 Å². The summed E-state index contributed by atoms with van der Waals surface area (Å²) >= 11 is 0. The van der Waals surface area contributed by atoms with E-state index >= 15 is 0 Å². The average Bonchev–Trinajstić information content (AvgIpc) is 3.31. The van der Waals surface area contributed by atoms with Crippen molar-refractivity contribution in [1.29, 1.82) is 0 Å². The van der Waals surface area contributed by atoms with Crippen molar-refractivity contribution in [3.63, 3.8) is 0 Å². The highest BCUT2D eigenvalue weighted by molar-refractivity contribution is 5.48. The topological polar surface area (TPSA) is 32.7 Å². The van der Waals surface area contributed by atoms with E-state index in [-0.39, 0.29) is 24.6 Å². The summed E-state index contributed by atoms with van der Waals surface area (Å²) in [5, 5.41) is 10.0. The minimum absolute atomic E-state index is 0.0552. The van der Waals surface area contributed by atoms with Crippen LogP contribution in [0, 0.1) is 5.92 Å². The van der Waals surface area contributed by atoms with E-state index in [0.29, 0.717) is 11.7 Å². The van der Waals surface area contributed by atoms with Crippen LogP contribution in [0.1, 0.15) is 53.9 Å². The van der Waals surface area contributed by atoms with E-state index in [1.807, 2.05) is 12.1 Å². The molecule has 2 aliphatic rings. The van der Waals surface area contributed by atoms with E-state index in [0.717, 1.165) is 44.6 Å². The summed E-state index contributed by atoms with van der Waals surface area (Å²) < 4.78 is 19.1. The lowest BCUT2D eigenvalue weighted by Crippen LogP contribution is -2.32. The summed E-state index contributed by atoms with van der Waals surface area (Å²) in [5.74, 6) is 2.02. The van der Waals surface area contributed by atoms with E-state index in [2.05, 4.69) is 72.5 Å². The Kier molecular flexibility index (Phi) is 6.87. The van der Waals surface area contributed by atoms with Crippen molar-refractivity contribution in [1.82, 2.24) is 4.90 Å². The number of fused-ring (bicyclic) bond motifs is 1. The second-order valence-corrected chi connectivity index (χ2v) is 9.98. The summed E-state index contributed by atoms with van der Waals surface area (Å²) in [4.78, 5) is 2.31. The zero-order valence-electron chi connectivity index (χ0n) is 19.9. The number of ether oxygens (including phenoxy) is 1. The molecule has 4 atom stereocenters. The second-order valence-electron chi connectivity index (χ2n) is 9.98. The molecule has 0 bridgehead atoms. The lowest BCUT2D eigenvalue weighted by atomic mass is 9.69. The molecular weight excluding hydrogens is 425 g/mol. The van der Waals surface area contributed by atoms with Gasteiger partial charge >= 0.3 is 0 Å². The average molecular weight is 460 g/mol. The summed E-state index contributed by atoms with van der Waals surface area (Å²) in [6, 6.07) is 25.1. The Morgan fingerprint density at radius 1 is 1.00 bits per heavy atom. The first kappa shape index (κ1) is 22.9. The van der Waals surface area contributed by atoms with Gasteiger partial charge in [-0.15, -0.1) is 0 Å². The Bertz CT molecular complexity index is 1080. The van der Waals surface area contributed by atoms with Gasteiger partial charge in [-0.05, 0) is 85.2 Å². The highest BCUT2D eigenvalue weighted by Gasteiger charge is 2.32. The van der Waals surface area contributed by atoms with Crippen LogP contribution in [0.3, 0.4) is 0 Å². The lowest BCUT2D eigenvalue weighted by Gasteiger charge is -2.35. The van der Waals surface area contributed by atoms with Crippen molar-refractivity contribution in [3.05, 3.63) is 95.1 Å². The van der Waals surface area contributed by atoms with Gasteiger partial charge in [-0.2, -0.15) is 0 Å². The Morgan fingerprint density at radius 3 is 2.53 bits per heavy atom. The molecule has 4 heteroatoms. The van der Waals surface area contributed by atoms with Gasteiger partial charge in [0, 0.05) is 24.9 Å². The molecule has 0 saturated carbocycles. The highest BCUT2D eigenvalue weighted by Crippen LogP contribution is 2.47. The molecule has 1 aliphatic heterocycles. The van der Waals surface area contributed by atoms with Gasteiger partial charge in [0.1, 0.15) is 17.6 Å². The zero-order valence-corrected chi connectivity index (χ0v) is 19.9. The number of benzene rings is 3. The van der Waals surface area contributed by atoms with Gasteiger partial charge < -0.3 is 9.84 Å². The van der Waals surface area contributed by atoms with Crippen LogP contribution in [-0.2, 0) is 6.42 Å². The van der Waals surface area contributed by atoms with Crippen molar-refractivity contribution >= 4 is 0 Å². The van der Waals surface area contributed by atoms with E-state index in [4.69, 9.17) is 4.74 Å². The zero-order chi connectivity index (χ0) is 23.5. The number of aromatic hydroxyl groups is 1. The molecule has 178 valence electrons. The lowest BCUT2D eigenvalue weighted by molar-refractivity contribution is 0.158. The van der Waals surface area contributed by atoms with Gasteiger partial charge in [0.05, 0.1) is 6.67 Å². The van der Waals surface area contributed by atoms with Gasteiger partial charge in [0.15, 0.2) is 0 Å². The standard InChI is InChI=1S/C30H34FNO2/c1-21(19-32-16-15-22(18-31)20-32)34-27-11-7-24(8-12-27)30-28(23-5-3-2-4-6-23)13-9-25-17-26(33)10-14-29(25)30/h2-8,10-12,14,17,21-22,28,30,33H,9,13,15-16,18-20H2,1H3/t21?,22-,28+,30-/m0/s1. The molecule has 3 aromatic carbocycles. The van der Waals surface area contributed by atoms with Crippen LogP contribution in [0.15, 0.2) is 72.8 Å². The molecule has 1 fully saturated rings. The number of aryl methyl sites for hydroxylation is 1. The van der Waals surface area contributed by atoms with Gasteiger partial charge in [0.25, 0.3) is 0 Å². The van der Waals surface area contributed by atoms with Crippen molar-refractivity contribution in [2.75, 3.05) is 26.3 Å². The van der Waals surface area contributed by atoms with Crippen molar-refractivity contribution in [2.24, 2.45) is 5.92 Å². The van der Waals surface area contributed by atoms with Gasteiger partial charge in [-0.1, -0.05) is 48.5 Å². The molecule has 0 radical (unpaired) electrons. The van der Waals surface area contributed by atoms with Crippen LogP contribution in [0.2, 0.25) is 0 Å². The molecule has 5 rings (SSSR count). The van der Waals surface area contributed by atoms with E-state index in [1.54, 1.807) is 0 Å². The molecule has 0 amide bonds. The first-order valence-corrected chi connectivity index (χ1v) is 12.5.